The molecule has 1 aliphatic rings. The standard InChI is InChI=1S/C15H23FN2/c1-12-5-6-15(16)13(10-12)11-18-9-3-2-4-14(18)7-8-17/h5-6,10,14H,2-4,7-9,11,17H2,1H3. The van der Waals surface area contributed by atoms with Gasteiger partial charge in [0.05, 0.1) is 0 Å². The van der Waals surface area contributed by atoms with E-state index in [2.05, 4.69) is 4.90 Å². The lowest BCUT2D eigenvalue weighted by Gasteiger charge is -2.35. The van der Waals surface area contributed by atoms with Crippen LogP contribution in [0.15, 0.2) is 18.2 Å². The number of rotatable bonds is 4. The maximum Gasteiger partial charge on any atom is 0.127 e. The first-order valence-electron chi connectivity index (χ1n) is 6.90. The van der Waals surface area contributed by atoms with Gasteiger partial charge >= 0.3 is 0 Å². The molecule has 2 N–H and O–H groups in total. The highest BCUT2D eigenvalue weighted by Gasteiger charge is 2.22. The molecule has 18 heavy (non-hydrogen) atoms. The molecule has 1 saturated heterocycles. The number of nitrogens with zero attached hydrogens (tertiary/aromatic N) is 1. The van der Waals surface area contributed by atoms with E-state index in [-0.39, 0.29) is 5.82 Å². The van der Waals surface area contributed by atoms with Gasteiger partial charge < -0.3 is 5.73 Å². The molecule has 0 saturated carbocycles. The quantitative estimate of drug-likeness (QED) is 0.890. The van der Waals surface area contributed by atoms with Crippen molar-refractivity contribution < 1.29 is 4.39 Å². The van der Waals surface area contributed by atoms with Crippen LogP contribution in [-0.4, -0.2) is 24.0 Å². The molecule has 0 aromatic heterocycles. The third-order valence-electron chi connectivity index (χ3n) is 3.82. The van der Waals surface area contributed by atoms with E-state index < -0.39 is 0 Å². The van der Waals surface area contributed by atoms with E-state index in [1.54, 1.807) is 6.07 Å². The Balaban J connectivity index is 2.08. The lowest BCUT2D eigenvalue weighted by atomic mass is 9.98. The van der Waals surface area contributed by atoms with Gasteiger partial charge in [-0.25, -0.2) is 4.39 Å². The highest BCUT2D eigenvalue weighted by atomic mass is 19.1. The summed E-state index contributed by atoms with van der Waals surface area (Å²) in [7, 11) is 0. The minimum atomic E-state index is -0.0855. The number of aryl methyl sites for hydroxylation is 1. The first-order chi connectivity index (χ1) is 8.70. The molecule has 0 aliphatic carbocycles. The number of halogens is 1. The highest BCUT2D eigenvalue weighted by molar-refractivity contribution is 5.24. The van der Waals surface area contributed by atoms with E-state index >= 15 is 0 Å². The maximum atomic E-state index is 13.8. The summed E-state index contributed by atoms with van der Waals surface area (Å²) < 4.78 is 13.8. The summed E-state index contributed by atoms with van der Waals surface area (Å²) in [5, 5.41) is 0. The molecule has 1 unspecified atom stereocenters. The summed E-state index contributed by atoms with van der Waals surface area (Å²) in [5.41, 5.74) is 7.61. The molecule has 1 aromatic carbocycles. The third kappa shape index (κ3) is 3.30. The molecule has 1 fully saturated rings. The fourth-order valence-electron chi connectivity index (χ4n) is 2.83. The van der Waals surface area contributed by atoms with E-state index in [1.807, 2.05) is 19.1 Å². The fourth-order valence-corrected chi connectivity index (χ4v) is 2.83. The lowest BCUT2D eigenvalue weighted by Crippen LogP contribution is -2.40. The van der Waals surface area contributed by atoms with E-state index in [1.165, 1.54) is 19.3 Å². The molecule has 1 aromatic rings. The monoisotopic (exact) mass is 250 g/mol. The number of likely N-dealkylation sites (tertiary alicyclic amines) is 1. The SMILES string of the molecule is Cc1ccc(F)c(CN2CCCCC2CCN)c1. The molecule has 0 bridgehead atoms. The van der Waals surface area contributed by atoms with Gasteiger partial charge in [0.2, 0.25) is 0 Å². The van der Waals surface area contributed by atoms with Crippen LogP contribution in [0.5, 0.6) is 0 Å². The van der Waals surface area contributed by atoms with Crippen molar-refractivity contribution in [1.82, 2.24) is 4.90 Å². The van der Waals surface area contributed by atoms with Crippen LogP contribution >= 0.6 is 0 Å². The Morgan fingerprint density at radius 1 is 1.39 bits per heavy atom. The summed E-state index contributed by atoms with van der Waals surface area (Å²) >= 11 is 0. The third-order valence-corrected chi connectivity index (χ3v) is 3.82. The first-order valence-corrected chi connectivity index (χ1v) is 6.90. The largest absolute Gasteiger partial charge is 0.330 e. The van der Waals surface area contributed by atoms with Gasteiger partial charge in [-0.1, -0.05) is 24.1 Å². The Labute approximate surface area is 109 Å². The van der Waals surface area contributed by atoms with E-state index in [0.717, 1.165) is 37.2 Å². The number of nitrogens with two attached hydrogens (primary N) is 1. The number of hydrogen-bond donors (Lipinski definition) is 1. The second-order valence-electron chi connectivity index (χ2n) is 5.29. The molecule has 1 aliphatic heterocycles. The Morgan fingerprint density at radius 3 is 3.00 bits per heavy atom. The summed E-state index contributed by atoms with van der Waals surface area (Å²) in [6.45, 7) is 4.52. The molecule has 2 rings (SSSR count). The van der Waals surface area contributed by atoms with Crippen molar-refractivity contribution in [3.63, 3.8) is 0 Å². The van der Waals surface area contributed by atoms with Gasteiger partial charge in [0.25, 0.3) is 0 Å². The molecule has 0 amide bonds. The molecule has 0 spiro atoms. The average Bonchev–Trinajstić information content (AvgIpc) is 2.36. The normalized spacial score (nSPS) is 21.2. The minimum absolute atomic E-state index is 0.0855. The van der Waals surface area contributed by atoms with Crippen LogP contribution in [0.25, 0.3) is 0 Å². The Morgan fingerprint density at radius 2 is 2.22 bits per heavy atom. The van der Waals surface area contributed by atoms with Crippen LogP contribution in [0.4, 0.5) is 4.39 Å². The Kier molecular flexibility index (Phi) is 4.72. The lowest BCUT2D eigenvalue weighted by molar-refractivity contribution is 0.132. The number of piperidine rings is 1. The predicted octanol–water partition coefficient (Wildman–Crippen LogP) is 2.84. The van der Waals surface area contributed by atoms with Crippen LogP contribution in [0.2, 0.25) is 0 Å². The summed E-state index contributed by atoms with van der Waals surface area (Å²) in [6.07, 6.45) is 4.71. The van der Waals surface area contributed by atoms with Gasteiger partial charge in [0.15, 0.2) is 0 Å². The maximum absolute atomic E-state index is 13.8. The van der Waals surface area contributed by atoms with Gasteiger partial charge in [0.1, 0.15) is 5.82 Å². The fraction of sp³-hybridized carbons (Fsp3) is 0.600. The van der Waals surface area contributed by atoms with Gasteiger partial charge in [-0.05, 0) is 45.3 Å². The topological polar surface area (TPSA) is 29.3 Å². The first kappa shape index (κ1) is 13.5. The smallest absolute Gasteiger partial charge is 0.127 e. The zero-order valence-corrected chi connectivity index (χ0v) is 11.2. The molecular formula is C15H23FN2. The van der Waals surface area contributed by atoms with Gasteiger partial charge in [0, 0.05) is 18.2 Å². The van der Waals surface area contributed by atoms with Crippen molar-refractivity contribution in [3.05, 3.63) is 35.1 Å². The second-order valence-corrected chi connectivity index (χ2v) is 5.29. The average molecular weight is 250 g/mol. The number of benzene rings is 1. The molecule has 0 radical (unpaired) electrons. The van der Waals surface area contributed by atoms with E-state index in [9.17, 15) is 4.39 Å². The summed E-state index contributed by atoms with van der Waals surface area (Å²) in [5.74, 6) is -0.0855. The zero-order valence-electron chi connectivity index (χ0n) is 11.2. The van der Waals surface area contributed by atoms with Crippen molar-refractivity contribution in [3.8, 4) is 0 Å². The molecule has 2 nitrogen and oxygen atoms in total. The van der Waals surface area contributed by atoms with Crippen LogP contribution < -0.4 is 5.73 Å². The molecule has 100 valence electrons. The minimum Gasteiger partial charge on any atom is -0.330 e. The molecule has 3 heteroatoms. The van der Waals surface area contributed by atoms with Crippen LogP contribution in [0, 0.1) is 12.7 Å². The van der Waals surface area contributed by atoms with Crippen LogP contribution in [0.3, 0.4) is 0 Å². The zero-order chi connectivity index (χ0) is 13.0. The molecule has 1 atom stereocenters. The Bertz CT molecular complexity index is 390. The van der Waals surface area contributed by atoms with Crippen molar-refractivity contribution in [2.45, 2.75) is 45.2 Å². The van der Waals surface area contributed by atoms with E-state index in [0.29, 0.717) is 6.04 Å². The summed E-state index contributed by atoms with van der Waals surface area (Å²) in [4.78, 5) is 2.40. The van der Waals surface area contributed by atoms with Crippen LogP contribution in [-0.2, 0) is 6.54 Å². The van der Waals surface area contributed by atoms with Crippen molar-refractivity contribution in [2.24, 2.45) is 5.73 Å². The number of hydrogen-bond acceptors (Lipinski definition) is 2. The van der Waals surface area contributed by atoms with Crippen molar-refractivity contribution >= 4 is 0 Å². The second kappa shape index (κ2) is 6.30. The van der Waals surface area contributed by atoms with E-state index in [4.69, 9.17) is 5.73 Å². The Hall–Kier alpha value is -0.930. The molecule has 1 heterocycles. The predicted molar refractivity (Wildman–Crippen MR) is 72.9 cm³/mol. The van der Waals surface area contributed by atoms with Gasteiger partial charge in [-0.3, -0.25) is 4.90 Å². The molecular weight excluding hydrogens is 227 g/mol. The van der Waals surface area contributed by atoms with Crippen molar-refractivity contribution in [1.29, 1.82) is 0 Å². The van der Waals surface area contributed by atoms with Crippen LogP contribution in [0.1, 0.15) is 36.8 Å². The van der Waals surface area contributed by atoms with Crippen molar-refractivity contribution in [2.75, 3.05) is 13.1 Å². The summed E-state index contributed by atoms with van der Waals surface area (Å²) in [6, 6.07) is 5.89. The van der Waals surface area contributed by atoms with Gasteiger partial charge in [-0.2, -0.15) is 0 Å². The van der Waals surface area contributed by atoms with Gasteiger partial charge in [-0.15, -0.1) is 0 Å². The highest BCUT2D eigenvalue weighted by Crippen LogP contribution is 2.22.